The molecule has 0 spiro atoms. The second-order valence-electron chi connectivity index (χ2n) is 3.02. The molecule has 0 saturated heterocycles. The SMILES string of the molecule is CC(C)[C-]1CCCC1.[Y]. The summed E-state index contributed by atoms with van der Waals surface area (Å²) in [4.78, 5) is 0. The summed E-state index contributed by atoms with van der Waals surface area (Å²) in [5.74, 6) is 2.66. The summed E-state index contributed by atoms with van der Waals surface area (Å²) in [6.07, 6.45) is 5.73. The Kier molecular flexibility index (Phi) is 5.44. The Morgan fingerprint density at radius 1 is 1.11 bits per heavy atom. The number of hydrogen-bond acceptors (Lipinski definition) is 0. The predicted molar refractivity (Wildman–Crippen MR) is 36.5 cm³/mol. The van der Waals surface area contributed by atoms with Crippen molar-refractivity contribution < 1.29 is 32.7 Å². The molecule has 0 unspecified atom stereocenters. The Morgan fingerprint density at radius 2 is 1.56 bits per heavy atom. The van der Waals surface area contributed by atoms with Gasteiger partial charge in [0.2, 0.25) is 0 Å². The maximum absolute atomic E-state index is 2.31. The Hall–Kier alpha value is 1.10. The van der Waals surface area contributed by atoms with Gasteiger partial charge in [-0.1, -0.05) is 26.7 Å². The molecule has 0 aromatic heterocycles. The summed E-state index contributed by atoms with van der Waals surface area (Å²) in [6, 6.07) is 0. The molecule has 1 heteroatoms. The van der Waals surface area contributed by atoms with Crippen molar-refractivity contribution in [2.75, 3.05) is 0 Å². The number of rotatable bonds is 1. The quantitative estimate of drug-likeness (QED) is 0.571. The molecule has 1 aliphatic rings. The van der Waals surface area contributed by atoms with Gasteiger partial charge in [-0.15, -0.1) is 0 Å². The fourth-order valence-corrected chi connectivity index (χ4v) is 1.41. The van der Waals surface area contributed by atoms with E-state index < -0.39 is 0 Å². The molecule has 1 aliphatic carbocycles. The third kappa shape index (κ3) is 3.14. The molecule has 0 bridgehead atoms. The van der Waals surface area contributed by atoms with Gasteiger partial charge in [-0.25, -0.2) is 0 Å². The minimum absolute atomic E-state index is 0. The minimum Gasteiger partial charge on any atom is -0.311 e. The van der Waals surface area contributed by atoms with Crippen LogP contribution in [0.5, 0.6) is 0 Å². The fraction of sp³-hybridized carbons (Fsp3) is 0.875. The maximum Gasteiger partial charge on any atom is 0 e. The smallest absolute Gasteiger partial charge is 0 e. The molecule has 0 N–H and O–H groups in total. The Labute approximate surface area is 83.7 Å². The van der Waals surface area contributed by atoms with E-state index in [9.17, 15) is 0 Å². The van der Waals surface area contributed by atoms with Gasteiger partial charge in [-0.05, 0) is 0 Å². The van der Waals surface area contributed by atoms with Crippen molar-refractivity contribution in [3.8, 4) is 0 Å². The zero-order chi connectivity index (χ0) is 5.98. The predicted octanol–water partition coefficient (Wildman–Crippen LogP) is 2.79. The first-order valence-corrected chi connectivity index (χ1v) is 3.65. The Balaban J connectivity index is 0.000000640. The van der Waals surface area contributed by atoms with Crippen LogP contribution in [0.4, 0.5) is 0 Å². The van der Waals surface area contributed by atoms with Crippen molar-refractivity contribution in [1.29, 1.82) is 0 Å². The molecule has 0 aromatic carbocycles. The monoisotopic (exact) mass is 200 g/mol. The molecule has 0 amide bonds. The second kappa shape index (κ2) is 4.85. The van der Waals surface area contributed by atoms with Crippen LogP contribution in [0.15, 0.2) is 0 Å². The third-order valence-corrected chi connectivity index (χ3v) is 2.06. The van der Waals surface area contributed by atoms with E-state index in [0.29, 0.717) is 0 Å². The van der Waals surface area contributed by atoms with E-state index in [1.807, 2.05) is 0 Å². The normalized spacial score (nSPS) is 20.3. The van der Waals surface area contributed by atoms with E-state index >= 15 is 0 Å². The molecule has 9 heavy (non-hydrogen) atoms. The Bertz CT molecular complexity index is 63.0. The van der Waals surface area contributed by atoms with E-state index in [0.717, 1.165) is 5.92 Å². The average molecular weight is 200 g/mol. The Morgan fingerprint density at radius 3 is 1.78 bits per heavy atom. The van der Waals surface area contributed by atoms with Crippen LogP contribution in [0, 0.1) is 11.8 Å². The van der Waals surface area contributed by atoms with Crippen LogP contribution in [0.3, 0.4) is 0 Å². The van der Waals surface area contributed by atoms with E-state index in [1.165, 1.54) is 25.7 Å². The molecule has 1 fully saturated rings. The molecule has 51 valence electrons. The van der Waals surface area contributed by atoms with Crippen molar-refractivity contribution in [2.45, 2.75) is 39.5 Å². The summed E-state index contributed by atoms with van der Waals surface area (Å²) >= 11 is 0. The van der Waals surface area contributed by atoms with Gasteiger partial charge in [-0.2, -0.15) is 18.8 Å². The second-order valence-corrected chi connectivity index (χ2v) is 3.02. The van der Waals surface area contributed by atoms with Crippen LogP contribution in [-0.4, -0.2) is 0 Å². The minimum atomic E-state index is 0. The van der Waals surface area contributed by atoms with Crippen LogP contribution in [0.1, 0.15) is 39.5 Å². The van der Waals surface area contributed by atoms with Crippen LogP contribution >= 0.6 is 0 Å². The first kappa shape index (κ1) is 10.1. The molecule has 1 saturated carbocycles. The first-order valence-electron chi connectivity index (χ1n) is 3.65. The van der Waals surface area contributed by atoms with Crippen molar-refractivity contribution in [1.82, 2.24) is 0 Å². The molecule has 0 atom stereocenters. The fourth-order valence-electron chi connectivity index (χ4n) is 1.41. The van der Waals surface area contributed by atoms with Crippen molar-refractivity contribution in [2.24, 2.45) is 5.92 Å². The largest absolute Gasteiger partial charge is 0.311 e. The van der Waals surface area contributed by atoms with Crippen molar-refractivity contribution in [3.63, 3.8) is 0 Å². The van der Waals surface area contributed by atoms with Gasteiger partial charge >= 0.3 is 0 Å². The van der Waals surface area contributed by atoms with Gasteiger partial charge in [0.15, 0.2) is 0 Å². The van der Waals surface area contributed by atoms with Crippen molar-refractivity contribution >= 4 is 0 Å². The standard InChI is InChI=1S/C8H15.Y/c1-7(2)8-5-3-4-6-8;/h7H,3-6H2,1-2H3;/q-1;. The molecule has 1 radical (unpaired) electrons. The third-order valence-electron chi connectivity index (χ3n) is 2.06. The molecule has 0 aliphatic heterocycles. The summed E-state index contributed by atoms with van der Waals surface area (Å²) in [7, 11) is 0. The molecular formula is C8H15Y-. The van der Waals surface area contributed by atoms with Crippen LogP contribution < -0.4 is 0 Å². The average Bonchev–Trinajstić information content (AvgIpc) is 2.12. The molecule has 0 nitrogen and oxygen atoms in total. The molecule has 0 aromatic rings. The molecule has 1 rings (SSSR count). The van der Waals surface area contributed by atoms with E-state index in [-0.39, 0.29) is 32.7 Å². The summed E-state index contributed by atoms with van der Waals surface area (Å²) < 4.78 is 0. The van der Waals surface area contributed by atoms with Gasteiger partial charge < -0.3 is 5.92 Å². The van der Waals surface area contributed by atoms with Gasteiger partial charge in [0, 0.05) is 32.7 Å². The zero-order valence-electron chi connectivity index (χ0n) is 6.48. The van der Waals surface area contributed by atoms with Gasteiger partial charge in [0.05, 0.1) is 0 Å². The molecular weight excluding hydrogens is 185 g/mol. The maximum atomic E-state index is 2.31. The zero-order valence-corrected chi connectivity index (χ0v) is 9.32. The van der Waals surface area contributed by atoms with Crippen LogP contribution in [0.25, 0.3) is 0 Å². The van der Waals surface area contributed by atoms with E-state index in [4.69, 9.17) is 0 Å². The summed E-state index contributed by atoms with van der Waals surface area (Å²) in [5, 5.41) is 0. The van der Waals surface area contributed by atoms with Crippen LogP contribution in [0.2, 0.25) is 0 Å². The van der Waals surface area contributed by atoms with Gasteiger partial charge in [0.25, 0.3) is 0 Å². The van der Waals surface area contributed by atoms with Gasteiger partial charge in [0.1, 0.15) is 0 Å². The summed E-state index contributed by atoms with van der Waals surface area (Å²) in [6.45, 7) is 4.61. The van der Waals surface area contributed by atoms with E-state index in [2.05, 4.69) is 13.8 Å². The first-order chi connectivity index (χ1) is 3.80. The van der Waals surface area contributed by atoms with Crippen LogP contribution in [-0.2, 0) is 32.7 Å². The molecule has 0 heterocycles. The van der Waals surface area contributed by atoms with E-state index in [1.54, 1.807) is 5.92 Å². The topological polar surface area (TPSA) is 0 Å². The summed E-state index contributed by atoms with van der Waals surface area (Å²) in [5.41, 5.74) is 0. The number of hydrogen-bond donors (Lipinski definition) is 0. The van der Waals surface area contributed by atoms with Crippen molar-refractivity contribution in [3.05, 3.63) is 5.92 Å². The van der Waals surface area contributed by atoms with Gasteiger partial charge in [-0.3, -0.25) is 0 Å².